The van der Waals surface area contributed by atoms with Gasteiger partial charge in [0.2, 0.25) is 0 Å². The zero-order valence-electron chi connectivity index (χ0n) is 23.8. The summed E-state index contributed by atoms with van der Waals surface area (Å²) in [6.07, 6.45) is 1.40. The lowest BCUT2D eigenvalue weighted by Gasteiger charge is -2.40. The van der Waals surface area contributed by atoms with Crippen molar-refractivity contribution < 1.29 is 14.6 Å². The Bertz CT molecular complexity index is 1510. The Labute approximate surface area is 245 Å². The number of nitrogens with zero attached hydrogens (tertiary/aromatic N) is 7. The van der Waals surface area contributed by atoms with Gasteiger partial charge in [0.15, 0.2) is 0 Å². The van der Waals surface area contributed by atoms with Crippen LogP contribution in [0.15, 0.2) is 48.5 Å². The minimum absolute atomic E-state index is 0.103. The summed E-state index contributed by atoms with van der Waals surface area (Å²) in [6, 6.07) is 19.8. The van der Waals surface area contributed by atoms with Crippen LogP contribution in [0.25, 0.3) is 11.1 Å². The predicted octanol–water partition coefficient (Wildman–Crippen LogP) is 4.12. The molecule has 10 nitrogen and oxygen atoms in total. The lowest BCUT2D eigenvalue weighted by molar-refractivity contribution is 0.119. The molecule has 0 radical (unpaired) electrons. The molecular weight excluding hydrogens is 530 g/mol. The molecule has 1 aromatic heterocycles. The highest BCUT2D eigenvalue weighted by Crippen LogP contribution is 2.49. The van der Waals surface area contributed by atoms with Crippen LogP contribution < -0.4 is 9.64 Å². The lowest BCUT2D eigenvalue weighted by Crippen LogP contribution is -2.55. The fourth-order valence-corrected chi connectivity index (χ4v) is 7.21. The first-order valence-electron chi connectivity index (χ1n) is 14.8. The average Bonchev–Trinajstić information content (AvgIpc) is 3.70. The van der Waals surface area contributed by atoms with Crippen LogP contribution in [-0.2, 0) is 13.1 Å². The highest BCUT2D eigenvalue weighted by Gasteiger charge is 2.39. The van der Waals surface area contributed by atoms with Gasteiger partial charge in [-0.3, -0.25) is 4.90 Å². The lowest BCUT2D eigenvalue weighted by atomic mass is 10.0. The van der Waals surface area contributed by atoms with E-state index in [1.54, 1.807) is 0 Å². The number of aromatic nitrogens is 2. The number of rotatable bonds is 6. The molecule has 216 valence electrons. The van der Waals surface area contributed by atoms with Gasteiger partial charge < -0.3 is 24.5 Å². The molecule has 2 aromatic carbocycles. The van der Waals surface area contributed by atoms with Crippen LogP contribution in [0.1, 0.15) is 47.7 Å². The van der Waals surface area contributed by atoms with Crippen LogP contribution in [0.2, 0.25) is 0 Å². The third kappa shape index (κ3) is 4.63. The zero-order valence-corrected chi connectivity index (χ0v) is 23.8. The van der Waals surface area contributed by atoms with Crippen LogP contribution in [0.4, 0.5) is 10.6 Å². The molecule has 2 saturated heterocycles. The van der Waals surface area contributed by atoms with Crippen molar-refractivity contribution >= 4 is 11.9 Å². The molecule has 0 spiro atoms. The Morgan fingerprint density at radius 2 is 1.76 bits per heavy atom. The van der Waals surface area contributed by atoms with Crippen LogP contribution in [0.5, 0.6) is 6.01 Å². The Balaban J connectivity index is 1.23. The zero-order chi connectivity index (χ0) is 28.8. The van der Waals surface area contributed by atoms with Crippen LogP contribution in [0.3, 0.4) is 0 Å². The second-order valence-electron chi connectivity index (χ2n) is 11.8. The van der Waals surface area contributed by atoms with E-state index in [0.29, 0.717) is 51.4 Å². The Morgan fingerprint density at radius 3 is 2.43 bits per heavy atom. The summed E-state index contributed by atoms with van der Waals surface area (Å²) in [5, 5.41) is 19.2. The van der Waals surface area contributed by atoms with Gasteiger partial charge in [-0.25, -0.2) is 4.79 Å². The second-order valence-corrected chi connectivity index (χ2v) is 11.8. The normalized spacial score (nSPS) is 22.1. The third-order valence-electron chi connectivity index (χ3n) is 9.36. The summed E-state index contributed by atoms with van der Waals surface area (Å²) in [6.45, 7) is 4.15. The van der Waals surface area contributed by atoms with Crippen LogP contribution >= 0.6 is 0 Å². The molecule has 1 amide bonds. The Hall–Kier alpha value is -4.20. The number of carboxylic acid groups (broad SMARTS) is 1. The van der Waals surface area contributed by atoms with Crippen molar-refractivity contribution in [3.8, 4) is 23.2 Å². The Kier molecular flexibility index (Phi) is 6.92. The van der Waals surface area contributed by atoms with E-state index in [1.807, 2.05) is 0 Å². The average molecular weight is 566 g/mol. The number of hydrogen-bond acceptors (Lipinski definition) is 8. The minimum atomic E-state index is -0.989. The molecule has 1 unspecified atom stereocenters. The molecule has 1 aliphatic carbocycles. The van der Waals surface area contributed by atoms with Gasteiger partial charge >= 0.3 is 12.1 Å². The maximum atomic E-state index is 11.9. The van der Waals surface area contributed by atoms with Gasteiger partial charge in [-0.15, -0.1) is 0 Å². The molecule has 2 fully saturated rings. The first-order chi connectivity index (χ1) is 20.5. The standard InChI is InChI=1S/C32H35N7O3/c1-36-14-6-7-22(36)20-42-31-34-28-19-38(29-25-10-4-2-8-23(25)24-9-3-5-11-26(24)29)18-27(28)30(35-31)37-15-16-39(32(40)41)21(17-37)12-13-33/h2-5,8-11,21-22,29H,6-7,12,14-20H2,1H3,(H,40,41)/t21?,22-/m0/s1. The van der Waals surface area contributed by atoms with E-state index >= 15 is 0 Å². The summed E-state index contributed by atoms with van der Waals surface area (Å²) in [4.78, 5) is 30.1. The van der Waals surface area contributed by atoms with E-state index in [-0.39, 0.29) is 12.5 Å². The number of ether oxygens (including phenoxy) is 1. The molecule has 0 saturated carbocycles. The van der Waals surface area contributed by atoms with E-state index in [0.717, 1.165) is 36.5 Å². The molecule has 2 atom stereocenters. The van der Waals surface area contributed by atoms with Gasteiger partial charge in [0.05, 0.1) is 30.3 Å². The second kappa shape index (κ2) is 10.9. The summed E-state index contributed by atoms with van der Waals surface area (Å²) < 4.78 is 6.26. The van der Waals surface area contributed by atoms with E-state index in [1.165, 1.54) is 27.2 Å². The molecule has 10 heteroatoms. The van der Waals surface area contributed by atoms with E-state index in [4.69, 9.17) is 14.7 Å². The largest absolute Gasteiger partial charge is 0.465 e. The van der Waals surface area contributed by atoms with Gasteiger partial charge in [-0.2, -0.15) is 15.2 Å². The molecule has 4 aliphatic rings. The Morgan fingerprint density at radius 1 is 1.02 bits per heavy atom. The number of piperazine rings is 1. The molecule has 3 aromatic rings. The minimum Gasteiger partial charge on any atom is -0.465 e. The number of nitriles is 1. The summed E-state index contributed by atoms with van der Waals surface area (Å²) in [5.41, 5.74) is 7.15. The first kappa shape index (κ1) is 26.7. The summed E-state index contributed by atoms with van der Waals surface area (Å²) in [5.74, 6) is 0.796. The van der Waals surface area contributed by atoms with E-state index in [9.17, 15) is 15.2 Å². The number of carbonyl (C=O) groups is 1. The van der Waals surface area contributed by atoms with Gasteiger partial charge in [-0.1, -0.05) is 48.5 Å². The van der Waals surface area contributed by atoms with Gasteiger partial charge in [0.1, 0.15) is 12.4 Å². The topological polar surface area (TPSA) is 109 Å². The molecule has 0 bridgehead atoms. The number of fused-ring (bicyclic) bond motifs is 4. The van der Waals surface area contributed by atoms with E-state index in [2.05, 4.69) is 76.3 Å². The molecule has 7 rings (SSSR count). The van der Waals surface area contributed by atoms with Crippen molar-refractivity contribution in [1.29, 1.82) is 5.26 Å². The number of likely N-dealkylation sites (N-methyl/N-ethyl adjacent to an activating group) is 1. The summed E-state index contributed by atoms with van der Waals surface area (Å²) >= 11 is 0. The van der Waals surface area contributed by atoms with Crippen molar-refractivity contribution in [2.45, 2.75) is 50.5 Å². The number of benzene rings is 2. The highest BCUT2D eigenvalue weighted by molar-refractivity contribution is 5.78. The number of amides is 1. The molecule has 42 heavy (non-hydrogen) atoms. The predicted molar refractivity (Wildman–Crippen MR) is 157 cm³/mol. The molecule has 4 heterocycles. The maximum absolute atomic E-state index is 11.9. The maximum Gasteiger partial charge on any atom is 0.407 e. The van der Waals surface area contributed by atoms with Crippen molar-refractivity contribution in [3.63, 3.8) is 0 Å². The van der Waals surface area contributed by atoms with Crippen molar-refractivity contribution in [2.24, 2.45) is 0 Å². The fourth-order valence-electron chi connectivity index (χ4n) is 7.21. The van der Waals surface area contributed by atoms with Crippen LogP contribution in [0, 0.1) is 11.3 Å². The highest BCUT2D eigenvalue weighted by atomic mass is 16.5. The molecule has 1 N–H and O–H groups in total. The third-order valence-corrected chi connectivity index (χ3v) is 9.36. The van der Waals surface area contributed by atoms with Gasteiger partial charge in [-0.05, 0) is 48.7 Å². The van der Waals surface area contributed by atoms with Crippen molar-refractivity contribution in [1.82, 2.24) is 24.7 Å². The fraction of sp³-hybridized carbons (Fsp3) is 0.438. The number of likely N-dealkylation sites (tertiary alicyclic amines) is 1. The van der Waals surface area contributed by atoms with Crippen molar-refractivity contribution in [2.75, 3.05) is 44.7 Å². The first-order valence-corrected chi connectivity index (χ1v) is 14.8. The number of anilines is 1. The van der Waals surface area contributed by atoms with E-state index < -0.39 is 12.1 Å². The monoisotopic (exact) mass is 565 g/mol. The smallest absolute Gasteiger partial charge is 0.407 e. The molecular formula is C32H35N7O3. The van der Waals surface area contributed by atoms with Gasteiger partial charge in [0, 0.05) is 44.3 Å². The quantitative estimate of drug-likeness (QED) is 0.472. The van der Waals surface area contributed by atoms with Crippen LogP contribution in [-0.4, -0.2) is 87.8 Å². The van der Waals surface area contributed by atoms with Gasteiger partial charge in [0.25, 0.3) is 0 Å². The SMILES string of the molecule is CN1CCC[C@H]1COc1nc2c(c(N3CCN(C(=O)O)C(CC#N)C3)n1)CN(C1c3ccccc3-c3ccccc31)C2. The van der Waals surface area contributed by atoms with Crippen molar-refractivity contribution in [3.05, 3.63) is 70.9 Å². The molecule has 3 aliphatic heterocycles. The number of hydrogen-bond donors (Lipinski definition) is 1. The summed E-state index contributed by atoms with van der Waals surface area (Å²) in [7, 11) is 2.13.